The number of pyridine rings is 1. The predicted molar refractivity (Wildman–Crippen MR) is 109 cm³/mol. The first-order valence-corrected chi connectivity index (χ1v) is 10.1. The fraction of sp³-hybridized carbons (Fsp3) is 0.364. The van der Waals surface area contributed by atoms with Crippen molar-refractivity contribution in [1.82, 2.24) is 24.1 Å². The monoisotopic (exact) mass is 391 g/mol. The molecule has 7 heteroatoms. The minimum Gasteiger partial charge on any atom is -0.311 e. The van der Waals surface area contributed by atoms with Crippen LogP contribution in [-0.4, -0.2) is 24.1 Å². The molecule has 148 valence electrons. The van der Waals surface area contributed by atoms with Crippen LogP contribution in [0.15, 0.2) is 41.3 Å². The van der Waals surface area contributed by atoms with Crippen molar-refractivity contribution in [3.8, 4) is 11.3 Å². The van der Waals surface area contributed by atoms with Crippen molar-refractivity contribution in [2.24, 2.45) is 5.92 Å². The number of halogens is 1. The van der Waals surface area contributed by atoms with Gasteiger partial charge in [-0.3, -0.25) is 4.79 Å². The third-order valence-corrected chi connectivity index (χ3v) is 6.00. The molecule has 5 rings (SSSR count). The zero-order valence-electron chi connectivity index (χ0n) is 16.5. The van der Waals surface area contributed by atoms with E-state index in [4.69, 9.17) is 0 Å². The van der Waals surface area contributed by atoms with Gasteiger partial charge in [0.25, 0.3) is 11.3 Å². The second-order valence-electron chi connectivity index (χ2n) is 7.96. The van der Waals surface area contributed by atoms with E-state index in [0.29, 0.717) is 39.7 Å². The van der Waals surface area contributed by atoms with E-state index in [0.717, 1.165) is 19.3 Å². The van der Waals surface area contributed by atoms with E-state index in [1.54, 1.807) is 23.6 Å². The molecule has 0 spiro atoms. The number of hydrogen-bond donors (Lipinski definition) is 0. The third-order valence-electron chi connectivity index (χ3n) is 6.00. The first-order chi connectivity index (χ1) is 14.0. The molecule has 0 N–H and O–H groups in total. The number of benzene rings is 1. The molecule has 3 aromatic heterocycles. The van der Waals surface area contributed by atoms with Gasteiger partial charge in [0.05, 0.1) is 16.6 Å². The van der Waals surface area contributed by atoms with Gasteiger partial charge in [-0.15, -0.1) is 5.10 Å². The van der Waals surface area contributed by atoms with Crippen molar-refractivity contribution in [2.45, 2.75) is 45.6 Å². The molecule has 2 atom stereocenters. The highest BCUT2D eigenvalue weighted by Crippen LogP contribution is 2.33. The minimum absolute atomic E-state index is 0.0804. The van der Waals surface area contributed by atoms with E-state index < -0.39 is 0 Å². The van der Waals surface area contributed by atoms with Crippen molar-refractivity contribution >= 4 is 16.7 Å². The quantitative estimate of drug-likeness (QED) is 0.511. The second-order valence-corrected chi connectivity index (χ2v) is 7.96. The van der Waals surface area contributed by atoms with Crippen LogP contribution in [0, 0.1) is 18.7 Å². The first kappa shape index (κ1) is 18.0. The number of fused-ring (bicyclic) bond motifs is 2. The van der Waals surface area contributed by atoms with Crippen LogP contribution in [-0.2, 0) is 0 Å². The second kappa shape index (κ2) is 6.76. The molecular formula is C22H22FN5O. The average Bonchev–Trinajstić information content (AvgIpc) is 3.08. The minimum atomic E-state index is -0.327. The maximum atomic E-state index is 13.7. The Morgan fingerprint density at radius 2 is 1.83 bits per heavy atom. The molecule has 0 amide bonds. The van der Waals surface area contributed by atoms with Gasteiger partial charge in [0.1, 0.15) is 11.6 Å². The van der Waals surface area contributed by atoms with Crippen molar-refractivity contribution in [3.63, 3.8) is 0 Å². The van der Waals surface area contributed by atoms with E-state index >= 15 is 0 Å². The van der Waals surface area contributed by atoms with Crippen LogP contribution in [0.4, 0.5) is 4.39 Å². The van der Waals surface area contributed by atoms with Gasteiger partial charge in [-0.05, 0) is 56.0 Å². The van der Waals surface area contributed by atoms with Crippen LogP contribution in [0.2, 0.25) is 0 Å². The standard InChI is InChI=1S/C22H22FN5O/c1-13-5-3-4-6-18(13)27-12-11-17-19(21(27)29)20(15-7-9-16(23)10-8-15)28-22(25-17)24-14(2)26-28/h7-13,18H,3-6H2,1-2H3/t13-,18-/m0/s1. The van der Waals surface area contributed by atoms with Gasteiger partial charge in [-0.25, -0.2) is 9.37 Å². The van der Waals surface area contributed by atoms with Crippen molar-refractivity contribution in [3.05, 3.63) is 58.5 Å². The summed E-state index contributed by atoms with van der Waals surface area (Å²) in [4.78, 5) is 22.6. The van der Waals surface area contributed by atoms with E-state index in [2.05, 4.69) is 22.0 Å². The Hall–Kier alpha value is -3.09. The SMILES string of the molecule is Cc1nc2nc3ccn([C@H]4CCCC[C@@H]4C)c(=O)c3c(-c3ccc(F)cc3)n2n1. The zero-order valence-corrected chi connectivity index (χ0v) is 16.5. The molecule has 0 saturated heterocycles. The van der Waals surface area contributed by atoms with Gasteiger partial charge in [-0.1, -0.05) is 19.8 Å². The summed E-state index contributed by atoms with van der Waals surface area (Å²) in [5, 5.41) is 4.96. The van der Waals surface area contributed by atoms with Gasteiger partial charge in [0.15, 0.2) is 0 Å². The number of aryl methyl sites for hydroxylation is 1. The molecule has 1 aromatic carbocycles. The molecule has 29 heavy (non-hydrogen) atoms. The van der Waals surface area contributed by atoms with E-state index in [1.807, 2.05) is 16.8 Å². The lowest BCUT2D eigenvalue weighted by Crippen LogP contribution is -2.31. The molecule has 1 fully saturated rings. The summed E-state index contributed by atoms with van der Waals surface area (Å²) in [5.41, 5.74) is 1.81. The number of nitrogens with zero attached hydrogens (tertiary/aromatic N) is 5. The van der Waals surface area contributed by atoms with Crippen LogP contribution >= 0.6 is 0 Å². The fourth-order valence-corrected chi connectivity index (χ4v) is 4.54. The summed E-state index contributed by atoms with van der Waals surface area (Å²) in [6.07, 6.45) is 6.32. The van der Waals surface area contributed by atoms with Crippen LogP contribution < -0.4 is 5.56 Å². The van der Waals surface area contributed by atoms with E-state index in [-0.39, 0.29) is 17.4 Å². The summed E-state index contributed by atoms with van der Waals surface area (Å²) in [6, 6.07) is 8.18. The summed E-state index contributed by atoms with van der Waals surface area (Å²) in [5.74, 6) is 1.11. The molecule has 6 nitrogen and oxygen atoms in total. The Labute approximate surface area is 167 Å². The molecule has 1 aliphatic rings. The average molecular weight is 391 g/mol. The first-order valence-electron chi connectivity index (χ1n) is 10.1. The molecule has 4 aromatic rings. The van der Waals surface area contributed by atoms with Crippen LogP contribution in [0.1, 0.15) is 44.5 Å². The molecule has 0 radical (unpaired) electrons. The highest BCUT2D eigenvalue weighted by atomic mass is 19.1. The Balaban J connectivity index is 1.85. The molecule has 3 heterocycles. The summed E-state index contributed by atoms with van der Waals surface area (Å²) in [7, 11) is 0. The normalized spacial score (nSPS) is 19.8. The third kappa shape index (κ3) is 2.92. The van der Waals surface area contributed by atoms with Crippen molar-refractivity contribution in [1.29, 1.82) is 0 Å². The summed E-state index contributed by atoms with van der Waals surface area (Å²) >= 11 is 0. The lowest BCUT2D eigenvalue weighted by Gasteiger charge is -2.30. The van der Waals surface area contributed by atoms with Gasteiger partial charge >= 0.3 is 0 Å². The van der Waals surface area contributed by atoms with Crippen LogP contribution in [0.3, 0.4) is 0 Å². The molecule has 1 saturated carbocycles. The molecular weight excluding hydrogens is 369 g/mol. The highest BCUT2D eigenvalue weighted by molar-refractivity contribution is 5.93. The number of rotatable bonds is 2. The molecule has 0 aliphatic heterocycles. The summed E-state index contributed by atoms with van der Waals surface area (Å²) in [6.45, 7) is 4.00. The lowest BCUT2D eigenvalue weighted by atomic mass is 9.85. The largest absolute Gasteiger partial charge is 0.311 e. The topological polar surface area (TPSA) is 65.1 Å². The van der Waals surface area contributed by atoms with Crippen LogP contribution in [0.5, 0.6) is 0 Å². The highest BCUT2D eigenvalue weighted by Gasteiger charge is 2.26. The van der Waals surface area contributed by atoms with Gasteiger partial charge in [-0.2, -0.15) is 9.50 Å². The van der Waals surface area contributed by atoms with Crippen LogP contribution in [0.25, 0.3) is 27.9 Å². The van der Waals surface area contributed by atoms with E-state index in [9.17, 15) is 9.18 Å². The Morgan fingerprint density at radius 3 is 2.59 bits per heavy atom. The Bertz CT molecular complexity index is 1270. The maximum Gasteiger partial charge on any atom is 0.262 e. The van der Waals surface area contributed by atoms with Crippen molar-refractivity contribution < 1.29 is 4.39 Å². The molecule has 0 unspecified atom stereocenters. The molecule has 0 bridgehead atoms. The zero-order chi connectivity index (χ0) is 20.1. The van der Waals surface area contributed by atoms with E-state index in [1.165, 1.54) is 18.6 Å². The molecule has 1 aliphatic carbocycles. The maximum absolute atomic E-state index is 13.7. The fourth-order valence-electron chi connectivity index (χ4n) is 4.54. The van der Waals surface area contributed by atoms with Gasteiger partial charge < -0.3 is 4.57 Å². The Morgan fingerprint density at radius 1 is 1.07 bits per heavy atom. The smallest absolute Gasteiger partial charge is 0.262 e. The van der Waals surface area contributed by atoms with Gasteiger partial charge in [0.2, 0.25) is 0 Å². The number of hydrogen-bond acceptors (Lipinski definition) is 4. The Kier molecular flexibility index (Phi) is 4.19. The predicted octanol–water partition coefficient (Wildman–Crippen LogP) is 4.30. The van der Waals surface area contributed by atoms with Gasteiger partial charge in [0, 0.05) is 17.8 Å². The van der Waals surface area contributed by atoms with Crippen molar-refractivity contribution in [2.75, 3.05) is 0 Å². The number of aromatic nitrogens is 5. The lowest BCUT2D eigenvalue weighted by molar-refractivity contribution is 0.253. The summed E-state index contributed by atoms with van der Waals surface area (Å²) < 4.78 is 17.0.